The van der Waals surface area contributed by atoms with Crippen LogP contribution in [-0.4, -0.2) is 38.5 Å². The first-order valence-corrected chi connectivity index (χ1v) is 8.52. The van der Waals surface area contributed by atoms with Gasteiger partial charge in [-0.25, -0.2) is 4.79 Å². The smallest absolute Gasteiger partial charge is 0.321 e. The number of rotatable bonds is 5. The van der Waals surface area contributed by atoms with E-state index in [0.717, 1.165) is 11.4 Å². The Kier molecular flexibility index (Phi) is 5.97. The Labute approximate surface area is 145 Å². The van der Waals surface area contributed by atoms with Crippen molar-refractivity contribution in [3.05, 3.63) is 29.8 Å². The second kappa shape index (κ2) is 7.96. The molecule has 2 N–H and O–H groups in total. The molecule has 0 aliphatic heterocycles. The van der Waals surface area contributed by atoms with Gasteiger partial charge in [-0.3, -0.25) is 10.1 Å². The molecule has 0 radical (unpaired) electrons. The third kappa shape index (κ3) is 4.35. The van der Waals surface area contributed by atoms with Gasteiger partial charge in [0.15, 0.2) is 11.0 Å². The number of aromatic nitrogens is 3. The number of carbonyl (C=O) groups is 2. The third-order valence-electron chi connectivity index (χ3n) is 3.37. The van der Waals surface area contributed by atoms with Crippen molar-refractivity contribution in [2.75, 3.05) is 6.54 Å². The summed E-state index contributed by atoms with van der Waals surface area (Å²) < 4.78 is 1.84. The van der Waals surface area contributed by atoms with E-state index >= 15 is 0 Å². The minimum Gasteiger partial charge on any atom is -0.338 e. The van der Waals surface area contributed by atoms with E-state index < -0.39 is 11.3 Å². The molecule has 24 heavy (non-hydrogen) atoms. The number of amides is 3. The summed E-state index contributed by atoms with van der Waals surface area (Å²) in [6.45, 7) is 5.99. The number of nitrogens with one attached hydrogen (secondary N) is 2. The molecule has 0 bridgehead atoms. The van der Waals surface area contributed by atoms with Crippen LogP contribution in [0.5, 0.6) is 0 Å². The molecule has 0 saturated carbocycles. The summed E-state index contributed by atoms with van der Waals surface area (Å²) in [6.07, 6.45) is 0. The first-order valence-electron chi connectivity index (χ1n) is 7.64. The highest BCUT2D eigenvalue weighted by atomic mass is 32.2. The topological polar surface area (TPSA) is 88.9 Å². The normalized spacial score (nSPS) is 11.8. The van der Waals surface area contributed by atoms with Crippen LogP contribution < -0.4 is 10.6 Å². The summed E-state index contributed by atoms with van der Waals surface area (Å²) in [4.78, 5) is 23.4. The molecule has 8 heteroatoms. The molecule has 1 aromatic carbocycles. The van der Waals surface area contributed by atoms with Gasteiger partial charge in [-0.2, -0.15) is 0 Å². The van der Waals surface area contributed by atoms with Crippen LogP contribution in [0.3, 0.4) is 0 Å². The molecule has 3 amide bonds. The number of urea groups is 1. The van der Waals surface area contributed by atoms with E-state index in [0.29, 0.717) is 11.7 Å². The maximum atomic E-state index is 12.0. The van der Waals surface area contributed by atoms with Crippen LogP contribution in [0.1, 0.15) is 19.4 Å². The minimum atomic E-state index is -0.492. The van der Waals surface area contributed by atoms with Gasteiger partial charge in [0.2, 0.25) is 5.91 Å². The van der Waals surface area contributed by atoms with E-state index in [1.807, 2.05) is 42.8 Å². The zero-order chi connectivity index (χ0) is 17.7. The first-order chi connectivity index (χ1) is 11.4. The lowest BCUT2D eigenvalue weighted by Gasteiger charge is -2.11. The molecule has 1 heterocycles. The molecule has 0 saturated heterocycles. The summed E-state index contributed by atoms with van der Waals surface area (Å²) in [5.74, 6) is 0.361. The third-order valence-corrected chi connectivity index (χ3v) is 4.50. The molecule has 2 aromatic rings. The summed E-state index contributed by atoms with van der Waals surface area (Å²) in [7, 11) is 1.85. The standard InChI is InChI=1S/C16H21N5O2S/c1-5-17-15(23)18-14(22)11(3)24-16-20-19-13(21(16)4)12-8-6-10(2)7-9-12/h6-9,11H,5H2,1-4H3,(H2,17,18,22,23). The second-order valence-electron chi connectivity index (χ2n) is 5.34. The fraction of sp³-hybridized carbons (Fsp3) is 0.375. The van der Waals surface area contributed by atoms with E-state index in [1.165, 1.54) is 17.3 Å². The predicted octanol–water partition coefficient (Wildman–Crippen LogP) is 2.12. The molecule has 0 aliphatic rings. The van der Waals surface area contributed by atoms with Gasteiger partial charge < -0.3 is 9.88 Å². The zero-order valence-corrected chi connectivity index (χ0v) is 15.0. The van der Waals surface area contributed by atoms with Gasteiger partial charge in [-0.15, -0.1) is 10.2 Å². The number of aryl methyl sites for hydroxylation is 1. The van der Waals surface area contributed by atoms with Crippen molar-refractivity contribution in [2.24, 2.45) is 7.05 Å². The lowest BCUT2D eigenvalue weighted by molar-refractivity contribution is -0.119. The van der Waals surface area contributed by atoms with Crippen molar-refractivity contribution in [3.8, 4) is 11.4 Å². The number of nitrogens with zero attached hydrogens (tertiary/aromatic N) is 3. The Morgan fingerprint density at radius 1 is 1.25 bits per heavy atom. The molecule has 1 unspecified atom stereocenters. The maximum absolute atomic E-state index is 12.0. The van der Waals surface area contributed by atoms with E-state index in [1.54, 1.807) is 13.8 Å². The number of carbonyl (C=O) groups excluding carboxylic acids is 2. The van der Waals surface area contributed by atoms with Gasteiger partial charge in [0.05, 0.1) is 5.25 Å². The van der Waals surface area contributed by atoms with Crippen LogP contribution in [0.2, 0.25) is 0 Å². The average molecular weight is 347 g/mol. The lowest BCUT2D eigenvalue weighted by atomic mass is 10.1. The molecule has 128 valence electrons. The van der Waals surface area contributed by atoms with Gasteiger partial charge in [-0.05, 0) is 20.8 Å². The second-order valence-corrected chi connectivity index (χ2v) is 6.65. The van der Waals surface area contributed by atoms with Crippen LogP contribution in [0.4, 0.5) is 4.79 Å². The molecule has 0 spiro atoms. The highest BCUT2D eigenvalue weighted by Gasteiger charge is 2.20. The van der Waals surface area contributed by atoms with Gasteiger partial charge >= 0.3 is 6.03 Å². The number of benzene rings is 1. The minimum absolute atomic E-state index is 0.370. The van der Waals surface area contributed by atoms with Crippen molar-refractivity contribution in [1.82, 2.24) is 25.4 Å². The molecular formula is C16H21N5O2S. The summed E-state index contributed by atoms with van der Waals surface area (Å²) in [5, 5.41) is 13.3. The monoisotopic (exact) mass is 347 g/mol. The Bertz CT molecular complexity index is 727. The van der Waals surface area contributed by atoms with Crippen LogP contribution in [0.25, 0.3) is 11.4 Å². The highest BCUT2D eigenvalue weighted by Crippen LogP contribution is 2.25. The number of thioether (sulfide) groups is 1. The van der Waals surface area contributed by atoms with E-state index in [-0.39, 0.29) is 5.91 Å². The molecule has 1 aromatic heterocycles. The van der Waals surface area contributed by atoms with Crippen LogP contribution in [0.15, 0.2) is 29.4 Å². The van der Waals surface area contributed by atoms with Crippen LogP contribution >= 0.6 is 11.8 Å². The average Bonchev–Trinajstić information content (AvgIpc) is 2.89. The Morgan fingerprint density at radius 3 is 2.54 bits per heavy atom. The SMILES string of the molecule is CCNC(=O)NC(=O)C(C)Sc1nnc(-c2ccc(C)cc2)n1C. The molecule has 7 nitrogen and oxygen atoms in total. The van der Waals surface area contributed by atoms with Gasteiger partial charge in [0.25, 0.3) is 0 Å². The van der Waals surface area contributed by atoms with E-state index in [9.17, 15) is 9.59 Å². The fourth-order valence-electron chi connectivity index (χ4n) is 2.00. The molecule has 0 aliphatic carbocycles. The lowest BCUT2D eigenvalue weighted by Crippen LogP contribution is -2.42. The molecular weight excluding hydrogens is 326 g/mol. The molecule has 0 fully saturated rings. The summed E-state index contributed by atoms with van der Waals surface area (Å²) in [6, 6.07) is 7.50. The number of hydrogen-bond acceptors (Lipinski definition) is 5. The van der Waals surface area contributed by atoms with Crippen LogP contribution in [-0.2, 0) is 11.8 Å². The first kappa shape index (κ1) is 18.0. The maximum Gasteiger partial charge on any atom is 0.321 e. The van der Waals surface area contributed by atoms with E-state index in [4.69, 9.17) is 0 Å². The van der Waals surface area contributed by atoms with Crippen molar-refractivity contribution >= 4 is 23.7 Å². The quantitative estimate of drug-likeness (QED) is 0.809. The van der Waals surface area contributed by atoms with Crippen molar-refractivity contribution in [2.45, 2.75) is 31.2 Å². The predicted molar refractivity (Wildman–Crippen MR) is 93.7 cm³/mol. The highest BCUT2D eigenvalue weighted by molar-refractivity contribution is 8.00. The Hall–Kier alpha value is -2.35. The van der Waals surface area contributed by atoms with Crippen molar-refractivity contribution in [1.29, 1.82) is 0 Å². The summed E-state index contributed by atoms with van der Waals surface area (Å²) >= 11 is 1.25. The zero-order valence-electron chi connectivity index (χ0n) is 14.2. The Morgan fingerprint density at radius 2 is 1.92 bits per heavy atom. The van der Waals surface area contributed by atoms with Gasteiger partial charge in [0.1, 0.15) is 0 Å². The molecule has 1 atom stereocenters. The number of hydrogen-bond donors (Lipinski definition) is 2. The Balaban J connectivity index is 2.07. The largest absolute Gasteiger partial charge is 0.338 e. The molecule has 2 rings (SSSR count). The van der Waals surface area contributed by atoms with Crippen LogP contribution in [0, 0.1) is 6.92 Å². The van der Waals surface area contributed by atoms with Crippen molar-refractivity contribution < 1.29 is 9.59 Å². The number of imide groups is 1. The van der Waals surface area contributed by atoms with Crippen molar-refractivity contribution in [3.63, 3.8) is 0 Å². The fourth-order valence-corrected chi connectivity index (χ4v) is 2.82. The summed E-state index contributed by atoms with van der Waals surface area (Å²) in [5.41, 5.74) is 2.13. The van der Waals surface area contributed by atoms with E-state index in [2.05, 4.69) is 20.8 Å². The van der Waals surface area contributed by atoms with Gasteiger partial charge in [0, 0.05) is 19.2 Å². The van der Waals surface area contributed by atoms with Gasteiger partial charge in [-0.1, -0.05) is 41.6 Å².